The van der Waals surface area contributed by atoms with Crippen molar-refractivity contribution in [3.05, 3.63) is 81.4 Å². The first kappa shape index (κ1) is 36.6. The number of amides is 1. The highest BCUT2D eigenvalue weighted by Crippen LogP contribution is 2.39. The molecule has 1 saturated carbocycles. The van der Waals surface area contributed by atoms with Crippen molar-refractivity contribution in [3.8, 4) is 17.2 Å². The van der Waals surface area contributed by atoms with E-state index >= 15 is 0 Å². The Morgan fingerprint density at radius 2 is 1.62 bits per heavy atom. The normalized spacial score (nSPS) is 19.5. The molecule has 4 N–H and O–H groups in total. The number of nitriles is 1. The van der Waals surface area contributed by atoms with E-state index in [2.05, 4.69) is 26.5 Å². The van der Waals surface area contributed by atoms with Crippen molar-refractivity contribution >= 4 is 34.9 Å². The van der Waals surface area contributed by atoms with Gasteiger partial charge in [-0.1, -0.05) is 35.9 Å². The molecule has 2 aliphatic heterocycles. The fraction of sp³-hybridized carbons (Fsp3) is 0.462. The summed E-state index contributed by atoms with van der Waals surface area (Å²) in [5.41, 5.74) is 6.14. The average molecular weight is 740 g/mol. The lowest BCUT2D eigenvalue weighted by Gasteiger charge is -2.30. The van der Waals surface area contributed by atoms with E-state index in [4.69, 9.17) is 21.6 Å². The molecular formula is C39H46ClN9O4. The topological polar surface area (TPSA) is 165 Å². The molecule has 1 atom stereocenters. The molecule has 4 aromatic rings. The molecule has 2 aromatic carbocycles. The van der Waals surface area contributed by atoms with Crippen LogP contribution in [0.2, 0.25) is 5.02 Å². The SMILES string of the molecule is CN1CCc2c(nc(C(O)Nc3cccc(-c4cccc(NC(=O)c5nc6c(n5C)CCN(CC[C@H]5CC[C@H](C(=O)O)CC5)C6)c4C#N)c3Cl)n2C)C1. The summed E-state index contributed by atoms with van der Waals surface area (Å²) in [6.07, 6.45) is 4.96. The van der Waals surface area contributed by atoms with Gasteiger partial charge in [0.1, 0.15) is 6.07 Å². The van der Waals surface area contributed by atoms with Crippen LogP contribution in [0, 0.1) is 23.2 Å². The van der Waals surface area contributed by atoms with E-state index in [1.807, 2.05) is 30.3 Å². The van der Waals surface area contributed by atoms with Gasteiger partial charge in [0.25, 0.3) is 5.91 Å². The number of imidazole rings is 2. The number of hydrogen-bond donors (Lipinski definition) is 4. The number of aliphatic carboxylic acids is 1. The fourth-order valence-electron chi connectivity index (χ4n) is 8.21. The third-order valence-electron chi connectivity index (χ3n) is 11.3. The number of aliphatic hydroxyl groups excluding tert-OH is 1. The number of halogens is 1. The fourth-order valence-corrected chi connectivity index (χ4v) is 8.49. The molecule has 1 fully saturated rings. The molecule has 1 aliphatic carbocycles. The molecule has 0 saturated heterocycles. The monoisotopic (exact) mass is 739 g/mol. The number of likely N-dealkylation sites (N-methyl/N-ethyl adjacent to an activating group) is 1. The second-order valence-electron chi connectivity index (χ2n) is 14.7. The molecule has 14 heteroatoms. The molecule has 7 rings (SSSR count). The standard InChI is InChI=1S/C39H46ClN9O4/c1-46-17-15-32-30(21-46)42-36(47(32)2)38(51)45-29-9-5-7-26(34(29)40)25-6-4-8-28(27(25)20-41)44-37(50)35-43-31-22-49(19-16-33(31)48(35)3)18-14-23-10-12-24(13-11-23)39(52)53/h4-9,23-24,38,45,51H,10-19,21-22H2,1-3H3,(H,44,50)(H,52,53)/t23-,24-,38?. The molecule has 4 heterocycles. The Hall–Kier alpha value is -4.74. The molecule has 1 amide bonds. The largest absolute Gasteiger partial charge is 0.481 e. The first-order valence-corrected chi connectivity index (χ1v) is 18.7. The predicted molar refractivity (Wildman–Crippen MR) is 201 cm³/mol. The van der Waals surface area contributed by atoms with Crippen LogP contribution in [0.15, 0.2) is 36.4 Å². The van der Waals surface area contributed by atoms with Crippen LogP contribution in [0.3, 0.4) is 0 Å². The number of carbonyl (C=O) groups is 2. The van der Waals surface area contributed by atoms with E-state index in [1.54, 1.807) is 36.4 Å². The number of benzene rings is 2. The number of carboxylic acid groups (broad SMARTS) is 1. The summed E-state index contributed by atoms with van der Waals surface area (Å²) in [4.78, 5) is 39.1. The summed E-state index contributed by atoms with van der Waals surface area (Å²) in [5.74, 6) is 0.0263. The number of aliphatic hydroxyl groups is 1. The second-order valence-corrected chi connectivity index (χ2v) is 15.1. The van der Waals surface area contributed by atoms with Gasteiger partial charge in [0.2, 0.25) is 0 Å². The van der Waals surface area contributed by atoms with Crippen LogP contribution in [-0.2, 0) is 44.8 Å². The molecule has 13 nitrogen and oxygen atoms in total. The minimum Gasteiger partial charge on any atom is -0.481 e. The zero-order valence-corrected chi connectivity index (χ0v) is 31.2. The number of anilines is 2. The maximum atomic E-state index is 13.7. The lowest BCUT2D eigenvalue weighted by Crippen LogP contribution is -2.33. The zero-order valence-electron chi connectivity index (χ0n) is 30.4. The Bertz CT molecular complexity index is 2080. The maximum absolute atomic E-state index is 13.7. The first-order chi connectivity index (χ1) is 25.5. The highest BCUT2D eigenvalue weighted by atomic mass is 35.5. The van der Waals surface area contributed by atoms with E-state index in [0.717, 1.165) is 93.9 Å². The number of nitrogens with zero attached hydrogens (tertiary/aromatic N) is 7. The van der Waals surface area contributed by atoms with Gasteiger partial charge in [-0.25, -0.2) is 9.97 Å². The quantitative estimate of drug-likeness (QED) is 0.156. The molecule has 2 aromatic heterocycles. The van der Waals surface area contributed by atoms with Crippen LogP contribution in [0.25, 0.3) is 11.1 Å². The van der Waals surface area contributed by atoms with E-state index in [-0.39, 0.29) is 17.3 Å². The summed E-state index contributed by atoms with van der Waals surface area (Å²) >= 11 is 6.95. The number of rotatable bonds is 10. The van der Waals surface area contributed by atoms with Gasteiger partial charge in [0.15, 0.2) is 17.9 Å². The van der Waals surface area contributed by atoms with Crippen LogP contribution >= 0.6 is 11.6 Å². The minimum absolute atomic E-state index is 0.203. The van der Waals surface area contributed by atoms with Crippen molar-refractivity contribution in [2.45, 2.75) is 64.3 Å². The van der Waals surface area contributed by atoms with E-state index in [0.29, 0.717) is 45.8 Å². The van der Waals surface area contributed by atoms with Crippen LogP contribution < -0.4 is 10.6 Å². The van der Waals surface area contributed by atoms with Crippen molar-refractivity contribution in [3.63, 3.8) is 0 Å². The third-order valence-corrected chi connectivity index (χ3v) is 11.7. The third kappa shape index (κ3) is 7.42. The Labute approximate surface area is 314 Å². The Morgan fingerprint density at radius 1 is 0.943 bits per heavy atom. The van der Waals surface area contributed by atoms with Gasteiger partial charge in [-0.05, 0) is 63.7 Å². The van der Waals surface area contributed by atoms with Crippen LogP contribution in [0.1, 0.15) is 83.1 Å². The highest BCUT2D eigenvalue weighted by Gasteiger charge is 2.30. The molecule has 0 bridgehead atoms. The van der Waals surface area contributed by atoms with Gasteiger partial charge in [0.05, 0.1) is 39.3 Å². The number of hydrogen-bond acceptors (Lipinski definition) is 9. The molecular weight excluding hydrogens is 694 g/mol. The van der Waals surface area contributed by atoms with Gasteiger partial charge >= 0.3 is 5.97 Å². The van der Waals surface area contributed by atoms with E-state index in [1.165, 1.54) is 0 Å². The molecule has 0 radical (unpaired) electrons. The van der Waals surface area contributed by atoms with Crippen LogP contribution in [0.5, 0.6) is 0 Å². The molecule has 1 unspecified atom stereocenters. The van der Waals surface area contributed by atoms with E-state index in [9.17, 15) is 25.1 Å². The van der Waals surface area contributed by atoms with Crippen molar-refractivity contribution < 1.29 is 19.8 Å². The average Bonchev–Trinajstić information content (AvgIpc) is 3.66. The van der Waals surface area contributed by atoms with Crippen molar-refractivity contribution in [1.29, 1.82) is 5.26 Å². The van der Waals surface area contributed by atoms with Crippen LogP contribution in [0.4, 0.5) is 11.4 Å². The summed E-state index contributed by atoms with van der Waals surface area (Å²) in [6, 6.07) is 12.9. The maximum Gasteiger partial charge on any atom is 0.306 e. The lowest BCUT2D eigenvalue weighted by atomic mass is 9.80. The van der Waals surface area contributed by atoms with Gasteiger partial charge in [-0.3, -0.25) is 14.5 Å². The zero-order chi connectivity index (χ0) is 37.4. The molecule has 0 spiro atoms. The Kier molecular flexibility index (Phi) is 10.6. The summed E-state index contributed by atoms with van der Waals surface area (Å²) < 4.78 is 3.78. The van der Waals surface area contributed by atoms with Gasteiger partial charge in [-0.15, -0.1) is 0 Å². The number of carboxylic acids is 1. The molecule has 3 aliphatic rings. The molecule has 53 heavy (non-hydrogen) atoms. The minimum atomic E-state index is -1.12. The number of carbonyl (C=O) groups excluding carboxylic acids is 1. The summed E-state index contributed by atoms with van der Waals surface area (Å²) in [7, 11) is 5.81. The van der Waals surface area contributed by atoms with Crippen LogP contribution in [-0.4, -0.2) is 77.7 Å². The van der Waals surface area contributed by atoms with E-state index < -0.39 is 18.1 Å². The van der Waals surface area contributed by atoms with Gasteiger partial charge < -0.3 is 34.9 Å². The second kappa shape index (κ2) is 15.3. The van der Waals surface area contributed by atoms with Gasteiger partial charge in [-0.2, -0.15) is 5.26 Å². The first-order valence-electron chi connectivity index (χ1n) is 18.3. The highest BCUT2D eigenvalue weighted by molar-refractivity contribution is 6.36. The summed E-state index contributed by atoms with van der Waals surface area (Å²) in [6.45, 7) is 4.08. The smallest absolute Gasteiger partial charge is 0.306 e. The number of aromatic nitrogens is 4. The summed E-state index contributed by atoms with van der Waals surface area (Å²) in [5, 5.41) is 37.2. The molecule has 278 valence electrons. The Morgan fingerprint density at radius 3 is 2.36 bits per heavy atom. The van der Waals surface area contributed by atoms with Crippen molar-refractivity contribution in [2.24, 2.45) is 25.9 Å². The van der Waals surface area contributed by atoms with Crippen molar-refractivity contribution in [2.75, 3.05) is 37.3 Å². The van der Waals surface area contributed by atoms with Crippen molar-refractivity contribution in [1.82, 2.24) is 28.9 Å². The van der Waals surface area contributed by atoms with Gasteiger partial charge in [0, 0.05) is 75.6 Å². The predicted octanol–water partition coefficient (Wildman–Crippen LogP) is 5.33. The Balaban J connectivity index is 1.04. The lowest BCUT2D eigenvalue weighted by molar-refractivity contribution is -0.143. The number of fused-ring (bicyclic) bond motifs is 2. The number of nitrogens with one attached hydrogen (secondary N) is 2.